The smallest absolute Gasteiger partial charge is 0.266 e. The van der Waals surface area contributed by atoms with E-state index in [1.165, 1.54) is 11.9 Å². The molecule has 1 atom stereocenters. The molecule has 0 radical (unpaired) electrons. The zero-order chi connectivity index (χ0) is 33.1. The van der Waals surface area contributed by atoms with Crippen LogP contribution in [0.2, 0.25) is 0 Å². The van der Waals surface area contributed by atoms with Crippen LogP contribution in [0.25, 0.3) is 22.3 Å². The van der Waals surface area contributed by atoms with E-state index < -0.39 is 21.8 Å². The van der Waals surface area contributed by atoms with Crippen molar-refractivity contribution in [1.82, 2.24) is 4.90 Å². The molecule has 238 valence electrons. The van der Waals surface area contributed by atoms with E-state index in [4.69, 9.17) is 8.97 Å². The molecule has 0 aliphatic heterocycles. The zero-order valence-electron chi connectivity index (χ0n) is 26.4. The molecule has 0 fully saturated rings. The molecular formula is C37H38N2O6S. The standard InChI is InChI=1S/C37H38N2O6S/c1-37(2,3)30-17-13-26(14-18-30)32(23-25-9-11-28(12-10-25)36(41)39(4)21-22-46(42,43)44)35(40)38-31-19-15-27(16-20-31)34-24-29-7-5-6-8-33(29)45-34/h5-20,24,32H,21-23H2,1-4H3,(H,38,40)(H,42,43,44). The van der Waals surface area contributed by atoms with Crippen LogP contribution >= 0.6 is 0 Å². The number of benzene rings is 4. The summed E-state index contributed by atoms with van der Waals surface area (Å²) in [6.07, 6.45) is 0.394. The number of hydrogen-bond donors (Lipinski definition) is 2. The summed E-state index contributed by atoms with van der Waals surface area (Å²) in [6.45, 7) is 6.30. The topological polar surface area (TPSA) is 117 Å². The predicted molar refractivity (Wildman–Crippen MR) is 182 cm³/mol. The van der Waals surface area contributed by atoms with Crippen molar-refractivity contribution in [3.05, 3.63) is 125 Å². The molecule has 0 aliphatic rings. The van der Waals surface area contributed by atoms with Gasteiger partial charge in [-0.25, -0.2) is 0 Å². The second-order valence-corrected chi connectivity index (χ2v) is 14.1. The van der Waals surface area contributed by atoms with Gasteiger partial charge < -0.3 is 14.6 Å². The summed E-state index contributed by atoms with van der Waals surface area (Å²) in [5, 5.41) is 4.11. The van der Waals surface area contributed by atoms with Gasteiger partial charge in [0, 0.05) is 35.8 Å². The van der Waals surface area contributed by atoms with Crippen molar-refractivity contribution in [3.8, 4) is 11.3 Å². The van der Waals surface area contributed by atoms with Gasteiger partial charge in [0.2, 0.25) is 5.91 Å². The lowest BCUT2D eigenvalue weighted by Gasteiger charge is -2.22. The van der Waals surface area contributed by atoms with Gasteiger partial charge in [-0.1, -0.05) is 75.4 Å². The summed E-state index contributed by atoms with van der Waals surface area (Å²) in [5.74, 6) is -0.829. The van der Waals surface area contributed by atoms with E-state index in [1.807, 2.05) is 66.7 Å². The van der Waals surface area contributed by atoms with Gasteiger partial charge in [0.1, 0.15) is 11.3 Å². The number of anilines is 1. The molecule has 9 heteroatoms. The minimum absolute atomic E-state index is 0.0330. The van der Waals surface area contributed by atoms with Crippen molar-refractivity contribution in [2.24, 2.45) is 0 Å². The Bertz CT molecular complexity index is 1910. The van der Waals surface area contributed by atoms with Crippen molar-refractivity contribution < 1.29 is 27.0 Å². The number of rotatable bonds is 10. The molecule has 5 rings (SSSR count). The highest BCUT2D eigenvalue weighted by Crippen LogP contribution is 2.30. The molecular weight excluding hydrogens is 600 g/mol. The molecule has 0 saturated heterocycles. The number of carbonyl (C=O) groups excluding carboxylic acids is 2. The molecule has 1 aromatic heterocycles. The Hall–Kier alpha value is -4.73. The Morgan fingerprint density at radius 1 is 0.891 bits per heavy atom. The van der Waals surface area contributed by atoms with Gasteiger partial charge >= 0.3 is 0 Å². The lowest BCUT2D eigenvalue weighted by Crippen LogP contribution is -2.31. The third kappa shape index (κ3) is 8.10. The Morgan fingerprint density at radius 2 is 1.54 bits per heavy atom. The average Bonchev–Trinajstić information content (AvgIpc) is 3.46. The van der Waals surface area contributed by atoms with Crippen LogP contribution in [0.1, 0.15) is 53.7 Å². The second kappa shape index (κ2) is 13.3. The van der Waals surface area contributed by atoms with Crippen LogP contribution in [0.4, 0.5) is 5.69 Å². The van der Waals surface area contributed by atoms with E-state index in [0.29, 0.717) is 17.7 Å². The quantitative estimate of drug-likeness (QED) is 0.155. The first-order chi connectivity index (χ1) is 21.8. The number of hydrogen-bond acceptors (Lipinski definition) is 5. The van der Waals surface area contributed by atoms with E-state index in [2.05, 4.69) is 38.2 Å². The number of nitrogens with one attached hydrogen (secondary N) is 1. The van der Waals surface area contributed by atoms with Crippen LogP contribution in [0.15, 0.2) is 108 Å². The fourth-order valence-corrected chi connectivity index (χ4v) is 5.75. The molecule has 1 heterocycles. The highest BCUT2D eigenvalue weighted by Gasteiger charge is 2.23. The van der Waals surface area contributed by atoms with Gasteiger partial charge in [0.05, 0.1) is 11.7 Å². The van der Waals surface area contributed by atoms with Crippen LogP contribution in [0.5, 0.6) is 0 Å². The normalized spacial score (nSPS) is 12.5. The molecule has 1 unspecified atom stereocenters. The highest BCUT2D eigenvalue weighted by atomic mass is 32.2. The molecule has 4 aromatic carbocycles. The summed E-state index contributed by atoms with van der Waals surface area (Å²) in [5.41, 5.74) is 5.62. The number of para-hydroxylation sites is 1. The maximum atomic E-state index is 13.8. The van der Waals surface area contributed by atoms with Gasteiger partial charge in [0.25, 0.3) is 16.0 Å². The Balaban J connectivity index is 1.34. The van der Waals surface area contributed by atoms with Gasteiger partial charge in [-0.15, -0.1) is 0 Å². The van der Waals surface area contributed by atoms with Crippen molar-refractivity contribution in [2.45, 2.75) is 38.5 Å². The van der Waals surface area contributed by atoms with Crippen LogP contribution in [-0.2, 0) is 26.7 Å². The largest absolute Gasteiger partial charge is 0.456 e. The molecule has 2 amide bonds. The van der Waals surface area contributed by atoms with Crippen molar-refractivity contribution in [2.75, 3.05) is 24.7 Å². The number of nitrogens with zero attached hydrogens (tertiary/aromatic N) is 1. The average molecular weight is 639 g/mol. The highest BCUT2D eigenvalue weighted by molar-refractivity contribution is 7.85. The zero-order valence-corrected chi connectivity index (χ0v) is 27.2. The van der Waals surface area contributed by atoms with Crippen LogP contribution in [-0.4, -0.2) is 49.0 Å². The number of carbonyl (C=O) groups is 2. The minimum Gasteiger partial charge on any atom is -0.456 e. The Labute approximate surface area is 269 Å². The number of amides is 2. The van der Waals surface area contributed by atoms with Crippen molar-refractivity contribution in [1.29, 1.82) is 0 Å². The molecule has 0 bridgehead atoms. The molecule has 46 heavy (non-hydrogen) atoms. The van der Waals surface area contributed by atoms with E-state index >= 15 is 0 Å². The Kier molecular flexibility index (Phi) is 9.46. The van der Waals surface area contributed by atoms with E-state index in [-0.39, 0.29) is 23.8 Å². The molecule has 2 N–H and O–H groups in total. The summed E-state index contributed by atoms with van der Waals surface area (Å²) in [4.78, 5) is 27.9. The van der Waals surface area contributed by atoms with Crippen LogP contribution in [0.3, 0.4) is 0 Å². The first-order valence-electron chi connectivity index (χ1n) is 15.1. The van der Waals surface area contributed by atoms with Gasteiger partial charge in [0.15, 0.2) is 0 Å². The third-order valence-corrected chi connectivity index (χ3v) is 8.73. The first-order valence-corrected chi connectivity index (χ1v) is 16.7. The maximum absolute atomic E-state index is 13.8. The van der Waals surface area contributed by atoms with E-state index in [0.717, 1.165) is 39.0 Å². The van der Waals surface area contributed by atoms with E-state index in [1.54, 1.807) is 24.3 Å². The van der Waals surface area contributed by atoms with Crippen LogP contribution in [0, 0.1) is 0 Å². The maximum Gasteiger partial charge on any atom is 0.266 e. The molecule has 0 aliphatic carbocycles. The van der Waals surface area contributed by atoms with E-state index in [9.17, 15) is 18.0 Å². The number of fused-ring (bicyclic) bond motifs is 1. The van der Waals surface area contributed by atoms with Gasteiger partial charge in [-0.05, 0) is 77.1 Å². The SMILES string of the molecule is CN(CCS(=O)(=O)O)C(=O)c1ccc(CC(C(=O)Nc2ccc(-c3cc4ccccc4o3)cc2)c2ccc(C(C)(C)C)cc2)cc1. The second-order valence-electron chi connectivity index (χ2n) is 12.6. The van der Waals surface area contributed by atoms with Crippen LogP contribution < -0.4 is 5.32 Å². The summed E-state index contributed by atoms with van der Waals surface area (Å²) in [7, 11) is -2.70. The van der Waals surface area contributed by atoms with Crippen molar-refractivity contribution in [3.63, 3.8) is 0 Å². The lowest BCUT2D eigenvalue weighted by molar-refractivity contribution is -0.117. The van der Waals surface area contributed by atoms with Gasteiger partial charge in [-0.3, -0.25) is 14.1 Å². The summed E-state index contributed by atoms with van der Waals surface area (Å²) in [6, 6.07) is 32.4. The monoisotopic (exact) mass is 638 g/mol. The lowest BCUT2D eigenvalue weighted by atomic mass is 9.84. The predicted octanol–water partition coefficient (Wildman–Crippen LogP) is 7.32. The first kappa shape index (κ1) is 32.7. The summed E-state index contributed by atoms with van der Waals surface area (Å²) < 4.78 is 37.2. The molecule has 5 aromatic rings. The Morgan fingerprint density at radius 3 is 2.15 bits per heavy atom. The minimum atomic E-state index is -4.18. The molecule has 0 saturated carbocycles. The van der Waals surface area contributed by atoms with Gasteiger partial charge in [-0.2, -0.15) is 8.42 Å². The van der Waals surface area contributed by atoms with Crippen molar-refractivity contribution >= 4 is 38.6 Å². The molecule has 8 nitrogen and oxygen atoms in total. The molecule has 0 spiro atoms. The fraction of sp³-hybridized carbons (Fsp3) is 0.243. The summed E-state index contributed by atoms with van der Waals surface area (Å²) >= 11 is 0. The fourth-order valence-electron chi connectivity index (χ4n) is 5.24. The third-order valence-electron chi connectivity index (χ3n) is 8.03. The number of furan rings is 1.